The van der Waals surface area contributed by atoms with Gasteiger partial charge in [0.15, 0.2) is 11.6 Å². The second-order valence-electron chi connectivity index (χ2n) is 4.06. The number of halogens is 3. The van der Waals surface area contributed by atoms with Crippen LogP contribution in [0, 0.1) is 22.9 Å². The maximum atomic E-state index is 13.9. The van der Waals surface area contributed by atoms with Gasteiger partial charge < -0.3 is 10.5 Å². The second-order valence-corrected chi connectivity index (χ2v) is 4.06. The molecule has 2 aromatic rings. The fourth-order valence-electron chi connectivity index (χ4n) is 1.65. The summed E-state index contributed by atoms with van der Waals surface area (Å²) in [4.78, 5) is 0. The Morgan fingerprint density at radius 2 is 1.90 bits per heavy atom. The third-order valence-corrected chi connectivity index (χ3v) is 2.65. The Hall–Kier alpha value is -2.50. The van der Waals surface area contributed by atoms with Gasteiger partial charge in [0.25, 0.3) is 0 Å². The average Bonchev–Trinajstić information content (AvgIpc) is 2.39. The lowest BCUT2D eigenvalue weighted by molar-refractivity contribution is 0.284. The van der Waals surface area contributed by atoms with Gasteiger partial charge in [-0.05, 0) is 18.2 Å². The zero-order valence-electron chi connectivity index (χ0n) is 10.3. The second kappa shape index (κ2) is 5.64. The summed E-state index contributed by atoms with van der Waals surface area (Å²) < 4.78 is 45.1. The molecule has 0 radical (unpaired) electrons. The van der Waals surface area contributed by atoms with Crippen LogP contribution in [0.2, 0.25) is 0 Å². The fraction of sp³-hybridized carbons (Fsp3) is 0.0714. The van der Waals surface area contributed by atoms with E-state index in [4.69, 9.17) is 15.9 Å². The molecule has 0 fully saturated rings. The standard InChI is InChI=1S/C14H11F3N2O/c15-9-4-5-12(11(16)6-9)20-7-8-2-1-3-10(13(8)17)14(18)19/h1-6H,7H2,(H3,18,19). The zero-order chi connectivity index (χ0) is 14.7. The first-order valence-electron chi connectivity index (χ1n) is 5.68. The lowest BCUT2D eigenvalue weighted by Crippen LogP contribution is -2.14. The van der Waals surface area contributed by atoms with Crippen molar-refractivity contribution >= 4 is 5.84 Å². The van der Waals surface area contributed by atoms with Crippen LogP contribution in [-0.4, -0.2) is 5.84 Å². The van der Waals surface area contributed by atoms with E-state index in [1.807, 2.05) is 0 Å². The molecule has 6 heteroatoms. The Morgan fingerprint density at radius 1 is 1.15 bits per heavy atom. The molecule has 0 aliphatic heterocycles. The summed E-state index contributed by atoms with van der Waals surface area (Å²) in [6.45, 7) is -0.254. The molecule has 0 aliphatic carbocycles. The smallest absolute Gasteiger partial charge is 0.167 e. The predicted octanol–water partition coefficient (Wildman–Crippen LogP) is 2.97. The van der Waals surface area contributed by atoms with Gasteiger partial charge in [-0.25, -0.2) is 13.2 Å². The fourth-order valence-corrected chi connectivity index (χ4v) is 1.65. The Morgan fingerprint density at radius 3 is 2.55 bits per heavy atom. The summed E-state index contributed by atoms with van der Waals surface area (Å²) in [5.41, 5.74) is 5.31. The van der Waals surface area contributed by atoms with Gasteiger partial charge in [-0.15, -0.1) is 0 Å². The summed E-state index contributed by atoms with van der Waals surface area (Å²) in [7, 11) is 0. The summed E-state index contributed by atoms with van der Waals surface area (Å²) >= 11 is 0. The van der Waals surface area contributed by atoms with Gasteiger partial charge in [0.2, 0.25) is 0 Å². The molecule has 104 valence electrons. The zero-order valence-corrected chi connectivity index (χ0v) is 10.3. The van der Waals surface area contributed by atoms with Crippen LogP contribution in [0.25, 0.3) is 0 Å². The highest BCUT2D eigenvalue weighted by Crippen LogP contribution is 2.20. The molecule has 0 heterocycles. The van der Waals surface area contributed by atoms with E-state index in [9.17, 15) is 13.2 Å². The minimum atomic E-state index is -0.867. The summed E-state index contributed by atoms with van der Waals surface area (Å²) in [5.74, 6) is -2.87. The van der Waals surface area contributed by atoms with E-state index in [1.54, 1.807) is 0 Å². The van der Waals surface area contributed by atoms with E-state index >= 15 is 0 Å². The number of nitrogens with one attached hydrogen (secondary N) is 1. The molecule has 0 amide bonds. The molecular formula is C14H11F3N2O. The van der Waals surface area contributed by atoms with Crippen LogP contribution in [-0.2, 0) is 6.61 Å². The van der Waals surface area contributed by atoms with E-state index in [2.05, 4.69) is 0 Å². The highest BCUT2D eigenvalue weighted by molar-refractivity contribution is 5.95. The number of nitrogen functional groups attached to an aromatic ring is 1. The van der Waals surface area contributed by atoms with Gasteiger partial charge in [0.1, 0.15) is 24.1 Å². The van der Waals surface area contributed by atoms with Crippen molar-refractivity contribution in [3.8, 4) is 5.75 Å². The van der Waals surface area contributed by atoms with Crippen LogP contribution < -0.4 is 10.5 Å². The summed E-state index contributed by atoms with van der Waals surface area (Å²) in [6.07, 6.45) is 0. The molecule has 0 spiro atoms. The molecule has 0 saturated heterocycles. The van der Waals surface area contributed by atoms with Crippen LogP contribution in [0.3, 0.4) is 0 Å². The Balaban J connectivity index is 2.19. The molecule has 2 rings (SSSR count). The molecule has 0 atom stereocenters. The van der Waals surface area contributed by atoms with E-state index in [0.717, 1.165) is 12.1 Å². The number of nitrogens with two attached hydrogens (primary N) is 1. The molecule has 0 unspecified atom stereocenters. The monoisotopic (exact) mass is 280 g/mol. The van der Waals surface area contributed by atoms with Crippen LogP contribution >= 0.6 is 0 Å². The molecule has 3 N–H and O–H groups in total. The largest absolute Gasteiger partial charge is 0.486 e. The minimum absolute atomic E-state index is 0.0503. The normalized spacial score (nSPS) is 10.3. The van der Waals surface area contributed by atoms with Crippen molar-refractivity contribution < 1.29 is 17.9 Å². The van der Waals surface area contributed by atoms with Gasteiger partial charge in [0.05, 0.1) is 5.56 Å². The first kappa shape index (κ1) is 13.9. The topological polar surface area (TPSA) is 59.1 Å². The highest BCUT2D eigenvalue weighted by atomic mass is 19.1. The van der Waals surface area contributed by atoms with Gasteiger partial charge in [-0.2, -0.15) is 0 Å². The molecule has 2 aromatic carbocycles. The van der Waals surface area contributed by atoms with E-state index in [0.29, 0.717) is 6.07 Å². The van der Waals surface area contributed by atoms with Crippen molar-refractivity contribution in [2.24, 2.45) is 5.73 Å². The Labute approximate surface area is 113 Å². The lowest BCUT2D eigenvalue weighted by Gasteiger charge is -2.10. The molecular weight excluding hydrogens is 269 g/mol. The van der Waals surface area contributed by atoms with Crippen molar-refractivity contribution in [3.63, 3.8) is 0 Å². The summed E-state index contributed by atoms with van der Waals surface area (Å²) in [6, 6.07) is 7.15. The molecule has 0 bridgehead atoms. The maximum Gasteiger partial charge on any atom is 0.167 e. The van der Waals surface area contributed by atoms with E-state index in [1.165, 1.54) is 18.2 Å². The highest BCUT2D eigenvalue weighted by Gasteiger charge is 2.12. The molecule has 3 nitrogen and oxygen atoms in total. The number of rotatable bonds is 4. The van der Waals surface area contributed by atoms with Crippen molar-refractivity contribution in [1.29, 1.82) is 5.41 Å². The Kier molecular flexibility index (Phi) is 3.93. The van der Waals surface area contributed by atoms with E-state index in [-0.39, 0.29) is 23.5 Å². The van der Waals surface area contributed by atoms with Crippen molar-refractivity contribution in [2.45, 2.75) is 6.61 Å². The Bertz CT molecular complexity index is 659. The lowest BCUT2D eigenvalue weighted by atomic mass is 10.1. The van der Waals surface area contributed by atoms with Crippen molar-refractivity contribution in [1.82, 2.24) is 0 Å². The third-order valence-electron chi connectivity index (χ3n) is 2.65. The molecule has 0 aliphatic rings. The molecule has 0 saturated carbocycles. The number of hydrogen-bond donors (Lipinski definition) is 2. The minimum Gasteiger partial charge on any atom is -0.486 e. The quantitative estimate of drug-likeness (QED) is 0.668. The number of ether oxygens (including phenoxy) is 1. The number of amidine groups is 1. The number of benzene rings is 2. The van der Waals surface area contributed by atoms with Crippen LogP contribution in [0.4, 0.5) is 13.2 Å². The molecule has 20 heavy (non-hydrogen) atoms. The van der Waals surface area contributed by atoms with Crippen LogP contribution in [0.5, 0.6) is 5.75 Å². The first-order chi connectivity index (χ1) is 9.49. The van der Waals surface area contributed by atoms with E-state index < -0.39 is 23.3 Å². The molecule has 0 aromatic heterocycles. The third kappa shape index (κ3) is 2.90. The predicted molar refractivity (Wildman–Crippen MR) is 68.1 cm³/mol. The SMILES string of the molecule is N=C(N)c1cccc(COc2ccc(F)cc2F)c1F. The van der Waals surface area contributed by atoms with Crippen LogP contribution in [0.1, 0.15) is 11.1 Å². The van der Waals surface area contributed by atoms with Gasteiger partial charge in [0, 0.05) is 11.6 Å². The first-order valence-corrected chi connectivity index (χ1v) is 5.68. The van der Waals surface area contributed by atoms with Crippen molar-refractivity contribution in [3.05, 3.63) is 65.0 Å². The summed E-state index contributed by atoms with van der Waals surface area (Å²) in [5, 5.41) is 7.22. The average molecular weight is 280 g/mol. The maximum absolute atomic E-state index is 13.9. The van der Waals surface area contributed by atoms with Gasteiger partial charge >= 0.3 is 0 Å². The van der Waals surface area contributed by atoms with Crippen molar-refractivity contribution in [2.75, 3.05) is 0 Å². The van der Waals surface area contributed by atoms with Gasteiger partial charge in [-0.3, -0.25) is 5.41 Å². The van der Waals surface area contributed by atoms with Gasteiger partial charge in [-0.1, -0.05) is 12.1 Å². The van der Waals surface area contributed by atoms with Crippen LogP contribution in [0.15, 0.2) is 36.4 Å². The number of hydrogen-bond acceptors (Lipinski definition) is 2.